The predicted molar refractivity (Wildman–Crippen MR) is 86.8 cm³/mol. The van der Waals surface area contributed by atoms with Gasteiger partial charge in [0.05, 0.1) is 6.42 Å². The molecule has 20 heavy (non-hydrogen) atoms. The number of carbonyl (C=O) groups is 1. The molecule has 0 bridgehead atoms. The van der Waals surface area contributed by atoms with Crippen molar-refractivity contribution in [2.24, 2.45) is 0 Å². The van der Waals surface area contributed by atoms with Crippen molar-refractivity contribution in [3.63, 3.8) is 0 Å². The van der Waals surface area contributed by atoms with Gasteiger partial charge in [-0.2, -0.15) is 11.8 Å². The summed E-state index contributed by atoms with van der Waals surface area (Å²) in [5, 5.41) is 9.03. The number of hydrogen-bond donors (Lipinski definition) is 1. The summed E-state index contributed by atoms with van der Waals surface area (Å²) in [5.74, 6) is 1.35. The van der Waals surface area contributed by atoms with Gasteiger partial charge in [0.2, 0.25) is 0 Å². The van der Waals surface area contributed by atoms with Gasteiger partial charge in [0.25, 0.3) is 0 Å². The predicted octanol–water partition coefficient (Wildman–Crippen LogP) is 3.44. The third kappa shape index (κ3) is 4.24. The maximum Gasteiger partial charge on any atom is 0.304 e. The molecule has 2 rings (SSSR count). The minimum atomic E-state index is -0.691. The normalized spacial score (nSPS) is 21.1. The average molecular weight is 313 g/mol. The topological polar surface area (TPSA) is 40.5 Å². The van der Waals surface area contributed by atoms with Gasteiger partial charge >= 0.3 is 5.97 Å². The van der Waals surface area contributed by atoms with Gasteiger partial charge in [0.1, 0.15) is 0 Å². The van der Waals surface area contributed by atoms with Crippen LogP contribution in [0.4, 0.5) is 0 Å². The van der Waals surface area contributed by atoms with Crippen LogP contribution in [-0.4, -0.2) is 40.1 Å². The molecule has 5 heteroatoms. The first-order chi connectivity index (χ1) is 9.36. The van der Waals surface area contributed by atoms with Crippen LogP contribution < -0.4 is 0 Å². The Morgan fingerprint density at radius 2 is 2.20 bits per heavy atom. The quantitative estimate of drug-likeness (QED) is 0.924. The van der Waals surface area contributed by atoms with Crippen LogP contribution >= 0.6 is 23.1 Å². The summed E-state index contributed by atoms with van der Waals surface area (Å²) in [6.45, 7) is 8.57. The number of carboxylic acid groups (broad SMARTS) is 1. The van der Waals surface area contributed by atoms with Crippen LogP contribution in [0.5, 0.6) is 0 Å². The molecular formula is C15H23NO2S2. The van der Waals surface area contributed by atoms with Gasteiger partial charge in [-0.15, -0.1) is 11.3 Å². The monoisotopic (exact) mass is 313 g/mol. The fourth-order valence-electron chi connectivity index (χ4n) is 2.35. The number of thiophene rings is 1. The lowest BCUT2D eigenvalue weighted by molar-refractivity contribution is -0.138. The highest BCUT2D eigenvalue weighted by atomic mass is 32.2. The van der Waals surface area contributed by atoms with Crippen LogP contribution in [-0.2, 0) is 16.8 Å². The second kappa shape index (κ2) is 6.50. The van der Waals surface area contributed by atoms with E-state index in [0.717, 1.165) is 24.6 Å². The van der Waals surface area contributed by atoms with Crippen molar-refractivity contribution in [2.75, 3.05) is 18.1 Å². The van der Waals surface area contributed by atoms with Crippen LogP contribution in [0.1, 0.15) is 36.9 Å². The van der Waals surface area contributed by atoms with Gasteiger partial charge in [-0.3, -0.25) is 9.69 Å². The van der Waals surface area contributed by atoms with Gasteiger partial charge in [-0.25, -0.2) is 0 Å². The van der Waals surface area contributed by atoms with Gasteiger partial charge < -0.3 is 5.11 Å². The molecule has 1 unspecified atom stereocenters. The maximum absolute atomic E-state index is 11.0. The van der Waals surface area contributed by atoms with Crippen LogP contribution in [0.3, 0.4) is 0 Å². The van der Waals surface area contributed by atoms with E-state index < -0.39 is 5.97 Å². The number of carboxylic acids is 1. The summed E-state index contributed by atoms with van der Waals surface area (Å²) in [4.78, 5) is 16.0. The van der Waals surface area contributed by atoms with Crippen LogP contribution in [0.2, 0.25) is 0 Å². The molecule has 0 amide bonds. The summed E-state index contributed by atoms with van der Waals surface area (Å²) in [5.41, 5.74) is 0.196. The van der Waals surface area contributed by atoms with E-state index in [-0.39, 0.29) is 17.9 Å². The highest BCUT2D eigenvalue weighted by Gasteiger charge is 2.26. The van der Waals surface area contributed by atoms with Crippen LogP contribution in [0.15, 0.2) is 12.1 Å². The zero-order valence-electron chi connectivity index (χ0n) is 12.4. The fourth-order valence-corrected chi connectivity index (χ4v) is 4.58. The SMILES string of the molecule is CC(C)(C)c1ccc(CN2CCSCC2CC(=O)O)s1. The third-order valence-corrected chi connectivity index (χ3v) is 6.11. The van der Waals surface area contributed by atoms with Crippen molar-refractivity contribution >= 4 is 29.1 Å². The van der Waals surface area contributed by atoms with E-state index in [9.17, 15) is 4.79 Å². The molecule has 0 aliphatic carbocycles. The second-order valence-corrected chi connectivity index (χ2v) is 8.63. The van der Waals surface area contributed by atoms with E-state index in [4.69, 9.17) is 5.11 Å². The van der Waals surface area contributed by atoms with Crippen molar-refractivity contribution in [3.05, 3.63) is 21.9 Å². The number of hydrogen-bond acceptors (Lipinski definition) is 4. The first-order valence-corrected chi connectivity index (χ1v) is 8.96. The Bertz CT molecular complexity index is 465. The zero-order chi connectivity index (χ0) is 14.8. The highest BCUT2D eigenvalue weighted by Crippen LogP contribution is 2.31. The molecule has 1 aromatic heterocycles. The lowest BCUT2D eigenvalue weighted by Gasteiger charge is -2.34. The van der Waals surface area contributed by atoms with Crippen molar-refractivity contribution in [2.45, 2.75) is 45.2 Å². The van der Waals surface area contributed by atoms with E-state index in [2.05, 4.69) is 37.8 Å². The first kappa shape index (κ1) is 15.9. The zero-order valence-corrected chi connectivity index (χ0v) is 14.0. The Labute approximate surface area is 129 Å². The lowest BCUT2D eigenvalue weighted by Crippen LogP contribution is -2.42. The largest absolute Gasteiger partial charge is 0.481 e. The molecule has 1 aliphatic heterocycles. The molecule has 1 saturated heterocycles. The fraction of sp³-hybridized carbons (Fsp3) is 0.667. The Morgan fingerprint density at radius 3 is 2.80 bits per heavy atom. The number of rotatable bonds is 4. The Hall–Kier alpha value is -0.520. The molecule has 3 nitrogen and oxygen atoms in total. The lowest BCUT2D eigenvalue weighted by atomic mass is 9.95. The second-order valence-electron chi connectivity index (χ2n) is 6.31. The van der Waals surface area contributed by atoms with Gasteiger partial charge in [-0.1, -0.05) is 20.8 Å². The number of aliphatic carboxylic acids is 1. The van der Waals surface area contributed by atoms with Crippen LogP contribution in [0, 0.1) is 0 Å². The Morgan fingerprint density at radius 1 is 1.45 bits per heavy atom. The number of nitrogens with zero attached hydrogens (tertiary/aromatic N) is 1. The van der Waals surface area contributed by atoms with Crippen molar-refractivity contribution < 1.29 is 9.90 Å². The average Bonchev–Trinajstić information content (AvgIpc) is 2.79. The number of thioether (sulfide) groups is 1. The van der Waals surface area contributed by atoms with E-state index in [0.29, 0.717) is 0 Å². The standard InChI is InChI=1S/C15H23NO2S2/c1-15(2,3)13-5-4-12(20-13)9-16-6-7-19-10-11(16)8-14(17)18/h4-5,11H,6-10H2,1-3H3,(H,17,18). The summed E-state index contributed by atoms with van der Waals surface area (Å²) < 4.78 is 0. The van der Waals surface area contributed by atoms with E-state index in [1.54, 1.807) is 0 Å². The third-order valence-electron chi connectivity index (χ3n) is 3.52. The van der Waals surface area contributed by atoms with Gasteiger partial charge in [0.15, 0.2) is 0 Å². The molecule has 1 aromatic rings. The molecule has 1 atom stereocenters. The molecule has 0 spiro atoms. The van der Waals surface area contributed by atoms with E-state index in [1.807, 2.05) is 23.1 Å². The molecule has 2 heterocycles. The summed E-state index contributed by atoms with van der Waals surface area (Å²) in [6, 6.07) is 4.59. The smallest absolute Gasteiger partial charge is 0.304 e. The van der Waals surface area contributed by atoms with E-state index >= 15 is 0 Å². The highest BCUT2D eigenvalue weighted by molar-refractivity contribution is 7.99. The summed E-state index contributed by atoms with van der Waals surface area (Å²) >= 11 is 3.73. The Balaban J connectivity index is 2.03. The Kier molecular flexibility index (Phi) is 5.15. The maximum atomic E-state index is 11.0. The van der Waals surface area contributed by atoms with Crippen molar-refractivity contribution in [1.82, 2.24) is 4.90 Å². The van der Waals surface area contributed by atoms with Gasteiger partial charge in [-0.05, 0) is 17.5 Å². The van der Waals surface area contributed by atoms with Crippen molar-refractivity contribution in [3.8, 4) is 0 Å². The molecule has 1 aliphatic rings. The van der Waals surface area contributed by atoms with Gasteiger partial charge in [0, 0.05) is 40.4 Å². The molecular weight excluding hydrogens is 290 g/mol. The molecule has 0 saturated carbocycles. The van der Waals surface area contributed by atoms with Crippen LogP contribution in [0.25, 0.3) is 0 Å². The molecule has 0 aromatic carbocycles. The molecule has 1 N–H and O–H groups in total. The van der Waals surface area contributed by atoms with E-state index in [1.165, 1.54) is 9.75 Å². The first-order valence-electron chi connectivity index (χ1n) is 6.99. The minimum Gasteiger partial charge on any atom is -0.481 e. The molecule has 112 valence electrons. The summed E-state index contributed by atoms with van der Waals surface area (Å²) in [6.07, 6.45) is 0.254. The van der Waals surface area contributed by atoms with Crippen molar-refractivity contribution in [1.29, 1.82) is 0 Å². The molecule has 1 fully saturated rings. The minimum absolute atomic E-state index is 0.173. The summed E-state index contributed by atoms with van der Waals surface area (Å²) in [7, 11) is 0. The molecule has 0 radical (unpaired) electrons.